The Morgan fingerprint density at radius 2 is 0.842 bits per heavy atom. The fraction of sp³-hybridized carbons (Fsp3) is 1.00. The second-order valence-corrected chi connectivity index (χ2v) is 6.73. The highest BCUT2D eigenvalue weighted by Crippen LogP contribution is 2.31. The molecule has 0 atom stereocenters. The predicted molar refractivity (Wildman–Crippen MR) is 51.6 cm³/mol. The van der Waals surface area contributed by atoms with Gasteiger partial charge in [-0.25, -0.2) is 0 Å². The summed E-state index contributed by atoms with van der Waals surface area (Å²) in [5.74, 6) is -3.99. The molecule has 0 spiro atoms. The lowest BCUT2D eigenvalue weighted by molar-refractivity contribution is -0.162. The zero-order valence-corrected chi connectivity index (χ0v) is 10.7. The Labute approximate surface area is 104 Å². The van der Waals surface area contributed by atoms with Crippen LogP contribution in [0.1, 0.15) is 0 Å². The third-order valence-electron chi connectivity index (χ3n) is 1.03. The summed E-state index contributed by atoms with van der Waals surface area (Å²) in [6.07, 6.45) is 0. The first-order chi connectivity index (χ1) is 8.21. The fourth-order valence-electron chi connectivity index (χ4n) is 0.570. The van der Waals surface area contributed by atoms with E-state index >= 15 is 0 Å². The van der Waals surface area contributed by atoms with Gasteiger partial charge in [0.25, 0.3) is 0 Å². The van der Waals surface area contributed by atoms with Gasteiger partial charge in [0.1, 0.15) is 0 Å². The Bertz CT molecular complexity index is 356. The Morgan fingerprint density at radius 3 is 1.11 bits per heavy atom. The van der Waals surface area contributed by atoms with Gasteiger partial charge in [0.15, 0.2) is 32.3 Å². The molecule has 0 fully saturated rings. The molecule has 0 unspecified atom stereocenters. The zero-order valence-electron chi connectivity index (χ0n) is 9.07. The molecule has 0 saturated carbocycles. The van der Waals surface area contributed by atoms with Gasteiger partial charge in [-0.05, 0) is 0 Å². The summed E-state index contributed by atoms with van der Waals surface area (Å²) in [6, 6.07) is 0. The standard InChI is InChI=1S/C5H10F6O6S2/c6-18(7,8,12)4-16-2-14-1-15-3-17-5-19(9,10,11)13/h1-5H2. The van der Waals surface area contributed by atoms with Crippen molar-refractivity contribution in [3.05, 3.63) is 0 Å². The minimum Gasteiger partial charge on any atom is -0.336 e. The largest absolute Gasteiger partial charge is 0.336 e. The van der Waals surface area contributed by atoms with Gasteiger partial charge in [0.05, 0.1) is 0 Å². The molecule has 0 amide bonds. The Hall–Kier alpha value is -0.280. The molecule has 19 heavy (non-hydrogen) atoms. The summed E-state index contributed by atoms with van der Waals surface area (Å²) in [7, 11) is -14.5. The molecule has 14 heteroatoms. The Morgan fingerprint density at radius 1 is 0.579 bits per heavy atom. The molecular formula is C5H10F6O6S2. The number of ether oxygens (including phenoxy) is 4. The fourth-order valence-corrected chi connectivity index (χ4v) is 1.22. The summed E-state index contributed by atoms with van der Waals surface area (Å²) < 4.78 is 106. The average molecular weight is 344 g/mol. The highest BCUT2D eigenvalue weighted by Gasteiger charge is 2.35. The zero-order chi connectivity index (χ0) is 15.3. The molecule has 0 aromatic rings. The van der Waals surface area contributed by atoms with E-state index in [4.69, 9.17) is 0 Å². The van der Waals surface area contributed by atoms with Crippen molar-refractivity contribution in [2.75, 3.05) is 32.3 Å². The summed E-state index contributed by atoms with van der Waals surface area (Å²) in [5.41, 5.74) is 0. The van der Waals surface area contributed by atoms with E-state index in [-0.39, 0.29) is 0 Å². The number of hydrogen-bond acceptors (Lipinski definition) is 6. The van der Waals surface area contributed by atoms with Crippen LogP contribution in [-0.2, 0) is 39.4 Å². The molecular weight excluding hydrogens is 334 g/mol. The summed E-state index contributed by atoms with van der Waals surface area (Å²) in [6.45, 7) is -2.59. The molecule has 0 radical (unpaired) electrons. The maximum absolute atomic E-state index is 11.8. The van der Waals surface area contributed by atoms with Crippen molar-refractivity contribution in [3.8, 4) is 0 Å². The SMILES string of the molecule is O=S(F)(F)(F)COCOCOCOCS(=O)(F)(F)F. The first-order valence-electron chi connectivity index (χ1n) is 4.15. The van der Waals surface area contributed by atoms with Crippen molar-refractivity contribution in [1.29, 1.82) is 0 Å². The lowest BCUT2D eigenvalue weighted by atomic mass is 11.2. The van der Waals surface area contributed by atoms with Crippen molar-refractivity contribution in [2.45, 2.75) is 0 Å². The van der Waals surface area contributed by atoms with Crippen LogP contribution in [0, 0.1) is 0 Å². The normalized spacial score (nSPS) is 17.4. The highest BCUT2D eigenvalue weighted by atomic mass is 32.4. The molecule has 0 saturated heterocycles. The number of hydrogen-bond donors (Lipinski definition) is 0. The lowest BCUT2D eigenvalue weighted by Crippen LogP contribution is -2.22. The van der Waals surface area contributed by atoms with E-state index in [0.29, 0.717) is 0 Å². The van der Waals surface area contributed by atoms with E-state index in [2.05, 4.69) is 18.9 Å². The maximum atomic E-state index is 11.8. The Kier molecular flexibility index (Phi) is 5.92. The van der Waals surface area contributed by atoms with Gasteiger partial charge in [-0.3, -0.25) is 0 Å². The van der Waals surface area contributed by atoms with Gasteiger partial charge in [-0.15, -0.1) is 0 Å². The van der Waals surface area contributed by atoms with Gasteiger partial charge in [-0.1, -0.05) is 23.3 Å². The molecule has 0 bridgehead atoms. The molecule has 120 valence electrons. The quantitative estimate of drug-likeness (QED) is 0.260. The lowest BCUT2D eigenvalue weighted by Gasteiger charge is -2.15. The van der Waals surface area contributed by atoms with E-state index in [1.165, 1.54) is 0 Å². The van der Waals surface area contributed by atoms with E-state index in [1.54, 1.807) is 0 Å². The van der Waals surface area contributed by atoms with Gasteiger partial charge in [0, 0.05) is 0 Å². The van der Waals surface area contributed by atoms with Crippen LogP contribution in [0.25, 0.3) is 0 Å². The van der Waals surface area contributed by atoms with Crippen LogP contribution in [0.5, 0.6) is 0 Å². The summed E-state index contributed by atoms with van der Waals surface area (Å²) in [4.78, 5) is 0. The monoisotopic (exact) mass is 344 g/mol. The summed E-state index contributed by atoms with van der Waals surface area (Å²) >= 11 is 0. The van der Waals surface area contributed by atoms with Gasteiger partial charge >= 0.3 is 20.4 Å². The van der Waals surface area contributed by atoms with Crippen LogP contribution in [0.4, 0.5) is 23.3 Å². The second kappa shape index (κ2) is 6.01. The van der Waals surface area contributed by atoms with Crippen molar-refractivity contribution in [3.63, 3.8) is 0 Å². The number of halogens is 6. The molecule has 0 heterocycles. The van der Waals surface area contributed by atoms with Gasteiger partial charge < -0.3 is 18.9 Å². The molecule has 0 aliphatic heterocycles. The summed E-state index contributed by atoms with van der Waals surface area (Å²) in [5, 5.41) is 0. The second-order valence-electron chi connectivity index (χ2n) is 3.02. The Balaban J connectivity index is 3.44. The van der Waals surface area contributed by atoms with Crippen LogP contribution in [0.15, 0.2) is 0 Å². The van der Waals surface area contributed by atoms with Gasteiger partial charge in [-0.2, -0.15) is 8.42 Å². The first-order valence-corrected chi connectivity index (χ1v) is 7.82. The van der Waals surface area contributed by atoms with Crippen LogP contribution in [0.2, 0.25) is 0 Å². The minimum atomic E-state index is -7.27. The van der Waals surface area contributed by atoms with Crippen LogP contribution in [0.3, 0.4) is 0 Å². The van der Waals surface area contributed by atoms with Crippen molar-refractivity contribution in [1.82, 2.24) is 0 Å². The first kappa shape index (κ1) is 18.7. The predicted octanol–water partition coefficient (Wildman–Crippen LogP) is 1.79. The van der Waals surface area contributed by atoms with Crippen molar-refractivity contribution >= 4 is 20.4 Å². The maximum Gasteiger partial charge on any atom is 0.317 e. The highest BCUT2D eigenvalue weighted by molar-refractivity contribution is 8.06. The average Bonchev–Trinajstić information content (AvgIpc) is 2.09. The van der Waals surface area contributed by atoms with Crippen molar-refractivity contribution in [2.24, 2.45) is 0 Å². The van der Waals surface area contributed by atoms with Crippen LogP contribution >= 0.6 is 0 Å². The van der Waals surface area contributed by atoms with E-state index in [0.717, 1.165) is 0 Å². The molecule has 0 aliphatic carbocycles. The topological polar surface area (TPSA) is 71.1 Å². The van der Waals surface area contributed by atoms with E-state index in [1.807, 2.05) is 0 Å². The van der Waals surface area contributed by atoms with Crippen LogP contribution in [-0.4, -0.2) is 40.7 Å². The molecule has 6 nitrogen and oxygen atoms in total. The molecule has 0 rings (SSSR count). The molecule has 0 aromatic heterocycles. The third-order valence-corrected chi connectivity index (χ3v) is 2.09. The smallest absolute Gasteiger partial charge is 0.317 e. The molecule has 0 N–H and O–H groups in total. The van der Waals surface area contributed by atoms with E-state index < -0.39 is 52.7 Å². The van der Waals surface area contributed by atoms with E-state index in [9.17, 15) is 31.7 Å². The van der Waals surface area contributed by atoms with Gasteiger partial charge in [0.2, 0.25) is 0 Å². The number of rotatable bonds is 10. The molecule has 0 aliphatic rings. The van der Waals surface area contributed by atoms with Crippen LogP contribution < -0.4 is 0 Å². The minimum absolute atomic E-state index is 0.728. The third kappa shape index (κ3) is 17.7. The van der Waals surface area contributed by atoms with Crippen molar-refractivity contribution < 1.29 is 50.7 Å². The molecule has 0 aromatic carbocycles.